The van der Waals surface area contributed by atoms with Crippen molar-refractivity contribution < 1.29 is 9.45 Å². The number of anilines is 1. The van der Waals surface area contributed by atoms with Crippen molar-refractivity contribution in [3.05, 3.63) is 23.8 Å². The number of amides is 1. The fourth-order valence-electron chi connectivity index (χ4n) is 3.84. The van der Waals surface area contributed by atoms with E-state index in [0.29, 0.717) is 6.04 Å². The van der Waals surface area contributed by atoms with Crippen LogP contribution >= 0.6 is 12.6 Å². The summed E-state index contributed by atoms with van der Waals surface area (Å²) in [4.78, 5) is 15.2. The number of rotatable bonds is 6. The summed E-state index contributed by atoms with van der Waals surface area (Å²) in [6, 6.07) is 6.60. The van der Waals surface area contributed by atoms with Crippen LogP contribution in [0.1, 0.15) is 73.3 Å². The van der Waals surface area contributed by atoms with Gasteiger partial charge in [0.05, 0.1) is 11.0 Å². The van der Waals surface area contributed by atoms with Crippen molar-refractivity contribution in [3.63, 3.8) is 0 Å². The van der Waals surface area contributed by atoms with Gasteiger partial charge < -0.3 is 9.55 Å². The number of fused-ring (bicyclic) bond motifs is 1. The first-order valence-corrected chi connectivity index (χ1v) is 10.5. The zero-order chi connectivity index (χ0) is 20.2. The van der Waals surface area contributed by atoms with Gasteiger partial charge in [-0.05, 0) is 71.9 Å². The van der Waals surface area contributed by atoms with Crippen LogP contribution in [0.25, 0.3) is 0 Å². The average Bonchev–Trinajstić information content (AvgIpc) is 2.72. The van der Waals surface area contributed by atoms with Crippen molar-refractivity contribution >= 4 is 37.2 Å². The van der Waals surface area contributed by atoms with Gasteiger partial charge in [0.25, 0.3) is 0 Å². The van der Waals surface area contributed by atoms with Gasteiger partial charge in [-0.25, -0.2) is 0 Å². The molecule has 1 aliphatic heterocycles. The molecule has 0 saturated heterocycles. The molecule has 1 aromatic carbocycles. The Morgan fingerprint density at radius 3 is 2.44 bits per heavy atom. The standard InChI is InChI=1S/C22H33BNO2S/c1-8-14-11-16(12-14)24-18-13-15(23-26-21(4,5)22(6,7)27)9-10-17(18)20(2,3)19(24)25/h9-10,13-14,16,27H,8,11-12H2,1-7H3. The molecule has 2 aliphatic rings. The van der Waals surface area contributed by atoms with Crippen LogP contribution in [0.5, 0.6) is 0 Å². The first-order chi connectivity index (χ1) is 12.4. The van der Waals surface area contributed by atoms with Gasteiger partial charge in [0, 0.05) is 16.5 Å². The second kappa shape index (κ2) is 6.84. The lowest BCUT2D eigenvalue weighted by atomic mass is 9.77. The van der Waals surface area contributed by atoms with E-state index in [1.54, 1.807) is 0 Å². The smallest absolute Gasteiger partial charge is 0.330 e. The van der Waals surface area contributed by atoms with Gasteiger partial charge in [0.15, 0.2) is 0 Å². The van der Waals surface area contributed by atoms with E-state index in [1.807, 2.05) is 35.2 Å². The first-order valence-electron chi connectivity index (χ1n) is 10.1. The Morgan fingerprint density at radius 1 is 1.26 bits per heavy atom. The van der Waals surface area contributed by atoms with Crippen molar-refractivity contribution in [2.24, 2.45) is 5.92 Å². The molecule has 1 radical (unpaired) electrons. The van der Waals surface area contributed by atoms with Gasteiger partial charge in [-0.2, -0.15) is 12.6 Å². The van der Waals surface area contributed by atoms with Crippen molar-refractivity contribution in [1.82, 2.24) is 0 Å². The third-order valence-electron chi connectivity index (χ3n) is 6.82. The molecular formula is C22H33BNO2S. The Balaban J connectivity index is 1.84. The third kappa shape index (κ3) is 3.58. The monoisotopic (exact) mass is 386 g/mol. The Kier molecular flexibility index (Phi) is 5.27. The molecule has 1 saturated carbocycles. The highest BCUT2D eigenvalue weighted by Crippen LogP contribution is 2.46. The van der Waals surface area contributed by atoms with E-state index < -0.39 is 11.0 Å². The summed E-state index contributed by atoms with van der Waals surface area (Å²) in [7, 11) is 1.81. The fourth-order valence-corrected chi connectivity index (χ4v) is 3.89. The predicted octanol–water partition coefficient (Wildman–Crippen LogP) is 4.25. The van der Waals surface area contributed by atoms with Crippen LogP contribution in [0.2, 0.25) is 0 Å². The number of carbonyl (C=O) groups excluding carboxylic acids is 1. The summed E-state index contributed by atoms with van der Waals surface area (Å²) in [6.45, 7) is 14.5. The van der Waals surface area contributed by atoms with E-state index in [0.717, 1.165) is 35.5 Å². The van der Waals surface area contributed by atoms with Crippen molar-refractivity contribution in [2.45, 2.75) is 89.5 Å². The Bertz CT molecular complexity index is 732. The van der Waals surface area contributed by atoms with E-state index in [-0.39, 0.29) is 10.7 Å². The van der Waals surface area contributed by atoms with Crippen molar-refractivity contribution in [2.75, 3.05) is 4.90 Å². The normalized spacial score (nSPS) is 24.6. The van der Waals surface area contributed by atoms with E-state index in [4.69, 9.17) is 4.65 Å². The molecule has 1 heterocycles. The molecule has 1 aromatic rings. The molecule has 3 nitrogen and oxygen atoms in total. The van der Waals surface area contributed by atoms with Gasteiger partial charge in [-0.15, -0.1) is 0 Å². The molecule has 1 amide bonds. The Labute approximate surface area is 170 Å². The SMILES string of the molecule is CCC1CC(N2C(=O)C(C)(C)c3ccc([B]OC(C)(C)C(C)(C)S)cc32)C1. The third-order valence-corrected chi connectivity index (χ3v) is 7.36. The van der Waals surface area contributed by atoms with Crippen LogP contribution in [-0.2, 0) is 14.9 Å². The molecule has 0 aromatic heterocycles. The number of hydrogen-bond acceptors (Lipinski definition) is 3. The summed E-state index contributed by atoms with van der Waals surface area (Å²) < 4.78 is 5.81. The quantitative estimate of drug-likeness (QED) is 0.585. The predicted molar refractivity (Wildman–Crippen MR) is 117 cm³/mol. The molecule has 0 atom stereocenters. The zero-order valence-corrected chi connectivity index (χ0v) is 18.7. The number of nitrogens with zero attached hydrogens (tertiary/aromatic N) is 1. The lowest BCUT2D eigenvalue weighted by molar-refractivity contribution is -0.123. The minimum Gasteiger partial charge on any atom is -0.428 e. The summed E-state index contributed by atoms with van der Waals surface area (Å²) >= 11 is 4.66. The summed E-state index contributed by atoms with van der Waals surface area (Å²) in [5, 5.41) is 0. The Hall–Kier alpha value is -0.935. The first kappa shape index (κ1) is 20.8. The van der Waals surface area contributed by atoms with E-state index in [9.17, 15) is 4.79 Å². The largest absolute Gasteiger partial charge is 0.428 e. The second-order valence-corrected chi connectivity index (χ2v) is 10.9. The molecule has 0 unspecified atom stereocenters. The number of thiol groups is 1. The van der Waals surface area contributed by atoms with Gasteiger partial charge >= 0.3 is 7.48 Å². The summed E-state index contributed by atoms with van der Waals surface area (Å²) in [5.41, 5.74) is 2.30. The molecule has 0 spiro atoms. The molecular weight excluding hydrogens is 353 g/mol. The lowest BCUT2D eigenvalue weighted by Crippen LogP contribution is -2.49. The van der Waals surface area contributed by atoms with Crippen LogP contribution in [0, 0.1) is 5.92 Å². The van der Waals surface area contributed by atoms with Crippen LogP contribution in [-0.4, -0.2) is 29.8 Å². The average molecular weight is 386 g/mol. The second-order valence-electron chi connectivity index (χ2n) is 9.78. The Morgan fingerprint density at radius 2 is 1.89 bits per heavy atom. The molecule has 1 fully saturated rings. The number of carbonyl (C=O) groups is 1. The highest BCUT2D eigenvalue weighted by molar-refractivity contribution is 7.81. The highest BCUT2D eigenvalue weighted by atomic mass is 32.1. The maximum atomic E-state index is 13.1. The van der Waals surface area contributed by atoms with Crippen molar-refractivity contribution in [1.29, 1.82) is 0 Å². The van der Waals surface area contributed by atoms with Crippen LogP contribution < -0.4 is 10.4 Å². The number of hydrogen-bond donors (Lipinski definition) is 1. The van der Waals surface area contributed by atoms with E-state index in [2.05, 4.69) is 56.5 Å². The van der Waals surface area contributed by atoms with Crippen LogP contribution in [0.3, 0.4) is 0 Å². The fraction of sp³-hybridized carbons (Fsp3) is 0.682. The van der Waals surface area contributed by atoms with E-state index in [1.165, 1.54) is 6.42 Å². The topological polar surface area (TPSA) is 29.5 Å². The minimum absolute atomic E-state index is 0.229. The maximum Gasteiger partial charge on any atom is 0.330 e. The molecule has 27 heavy (non-hydrogen) atoms. The zero-order valence-electron chi connectivity index (χ0n) is 17.8. The molecule has 3 rings (SSSR count). The highest BCUT2D eigenvalue weighted by Gasteiger charge is 2.49. The van der Waals surface area contributed by atoms with Gasteiger partial charge in [-0.1, -0.05) is 30.9 Å². The molecule has 0 N–H and O–H groups in total. The van der Waals surface area contributed by atoms with Crippen molar-refractivity contribution in [3.8, 4) is 0 Å². The van der Waals surface area contributed by atoms with Gasteiger partial charge in [0.1, 0.15) is 0 Å². The summed E-state index contributed by atoms with van der Waals surface area (Å²) in [6.07, 6.45) is 3.43. The van der Waals surface area contributed by atoms with E-state index >= 15 is 0 Å². The molecule has 1 aliphatic carbocycles. The molecule has 5 heteroatoms. The number of benzene rings is 1. The van der Waals surface area contributed by atoms with Gasteiger partial charge in [0.2, 0.25) is 5.91 Å². The van der Waals surface area contributed by atoms with Gasteiger partial charge in [-0.3, -0.25) is 4.79 Å². The summed E-state index contributed by atoms with van der Waals surface area (Å²) in [5.74, 6) is 0.985. The minimum atomic E-state index is -0.460. The van der Waals surface area contributed by atoms with Crippen LogP contribution in [0.15, 0.2) is 18.2 Å². The maximum absolute atomic E-state index is 13.1. The molecule has 147 valence electrons. The lowest BCUT2D eigenvalue weighted by Gasteiger charge is -2.41. The van der Waals surface area contributed by atoms with Crippen LogP contribution in [0.4, 0.5) is 5.69 Å². The molecule has 0 bridgehead atoms.